The number of nitrogens with one attached hydrogen (secondary N) is 1. The molecule has 1 heterocycles. The van der Waals surface area contributed by atoms with Gasteiger partial charge in [0.1, 0.15) is 0 Å². The van der Waals surface area contributed by atoms with Crippen molar-refractivity contribution >= 4 is 33.1 Å². The van der Waals surface area contributed by atoms with E-state index in [2.05, 4.69) is 26.2 Å². The fraction of sp³-hybridized carbons (Fsp3) is 0.154. The molecule has 0 saturated carbocycles. The van der Waals surface area contributed by atoms with E-state index in [9.17, 15) is 0 Å². The lowest BCUT2D eigenvalue weighted by Gasteiger charge is -2.13. The van der Waals surface area contributed by atoms with Gasteiger partial charge in [0.05, 0.1) is 11.4 Å². The van der Waals surface area contributed by atoms with E-state index in [-0.39, 0.29) is 0 Å². The van der Waals surface area contributed by atoms with Crippen molar-refractivity contribution in [3.05, 3.63) is 46.1 Å². The first-order valence-corrected chi connectivity index (χ1v) is 6.13. The fourth-order valence-electron chi connectivity index (χ4n) is 1.60. The topological polar surface area (TPSA) is 50.9 Å². The van der Waals surface area contributed by atoms with Crippen molar-refractivity contribution in [2.75, 3.05) is 11.1 Å². The van der Waals surface area contributed by atoms with Crippen LogP contribution < -0.4 is 11.1 Å². The first-order valence-electron chi connectivity index (χ1n) is 5.34. The molecule has 2 rings (SSSR count). The number of halogens is 1. The largest absolute Gasteiger partial charge is 0.395 e. The van der Waals surface area contributed by atoms with Crippen molar-refractivity contribution in [1.29, 1.82) is 0 Å². The Morgan fingerprint density at radius 3 is 2.47 bits per heavy atom. The maximum absolute atomic E-state index is 6.05. The van der Waals surface area contributed by atoms with Gasteiger partial charge >= 0.3 is 0 Å². The molecule has 3 nitrogen and oxygen atoms in total. The molecule has 0 aliphatic rings. The number of para-hydroxylation sites is 1. The molecule has 3 N–H and O–H groups in total. The summed E-state index contributed by atoms with van der Waals surface area (Å²) in [6, 6.07) is 9.87. The van der Waals surface area contributed by atoms with E-state index >= 15 is 0 Å². The van der Waals surface area contributed by atoms with Crippen LogP contribution in [-0.4, -0.2) is 4.98 Å². The van der Waals surface area contributed by atoms with Gasteiger partial charge in [-0.25, -0.2) is 4.98 Å². The van der Waals surface area contributed by atoms with Crippen LogP contribution in [0.25, 0.3) is 0 Å². The number of benzene rings is 1. The summed E-state index contributed by atoms with van der Waals surface area (Å²) in [7, 11) is 0. The van der Waals surface area contributed by atoms with Gasteiger partial charge in [-0.3, -0.25) is 0 Å². The third-order valence-electron chi connectivity index (χ3n) is 2.62. The number of nitrogens with zero attached hydrogens (tertiary/aromatic N) is 1. The van der Waals surface area contributed by atoms with Crippen molar-refractivity contribution < 1.29 is 0 Å². The van der Waals surface area contributed by atoms with Crippen molar-refractivity contribution in [3.63, 3.8) is 0 Å². The number of nitrogen functional groups attached to an aromatic ring is 1. The molecule has 0 fully saturated rings. The summed E-state index contributed by atoms with van der Waals surface area (Å²) in [6.07, 6.45) is 0. The number of hydrogen-bond donors (Lipinski definition) is 2. The third-order valence-corrected chi connectivity index (χ3v) is 3.79. The lowest BCUT2D eigenvalue weighted by molar-refractivity contribution is 1.16. The Hall–Kier alpha value is -1.55. The summed E-state index contributed by atoms with van der Waals surface area (Å²) in [5.41, 5.74) is 9.63. The molecule has 2 aromatic rings. The molecular weight excluding hydrogens is 278 g/mol. The van der Waals surface area contributed by atoms with Gasteiger partial charge in [-0.15, -0.1) is 0 Å². The molecule has 0 amide bonds. The highest BCUT2D eigenvalue weighted by Gasteiger charge is 2.10. The molecule has 0 bridgehead atoms. The third kappa shape index (κ3) is 2.42. The number of aryl methyl sites for hydroxylation is 1. The van der Waals surface area contributed by atoms with Crippen LogP contribution in [0.5, 0.6) is 0 Å². The number of rotatable bonds is 2. The highest BCUT2D eigenvalue weighted by Crippen LogP contribution is 2.31. The van der Waals surface area contributed by atoms with Crippen molar-refractivity contribution in [3.8, 4) is 0 Å². The average Bonchev–Trinajstić information content (AvgIpc) is 2.35. The number of nitrogens with two attached hydrogens (primary N) is 1. The molecule has 0 atom stereocenters. The van der Waals surface area contributed by atoms with Crippen LogP contribution >= 0.6 is 15.9 Å². The number of aromatic nitrogens is 1. The highest BCUT2D eigenvalue weighted by molar-refractivity contribution is 9.10. The molecule has 17 heavy (non-hydrogen) atoms. The predicted octanol–water partition coefficient (Wildman–Crippen LogP) is 3.79. The van der Waals surface area contributed by atoms with Crippen LogP contribution in [-0.2, 0) is 0 Å². The summed E-state index contributed by atoms with van der Waals surface area (Å²) in [5, 5.41) is 3.22. The van der Waals surface area contributed by atoms with Gasteiger partial charge < -0.3 is 11.1 Å². The van der Waals surface area contributed by atoms with Crippen LogP contribution in [0.4, 0.5) is 17.2 Å². The molecule has 0 spiro atoms. The van der Waals surface area contributed by atoms with E-state index in [1.807, 2.05) is 44.2 Å². The zero-order valence-corrected chi connectivity index (χ0v) is 11.4. The van der Waals surface area contributed by atoms with E-state index in [0.29, 0.717) is 11.5 Å². The molecule has 0 aliphatic heterocycles. The van der Waals surface area contributed by atoms with Gasteiger partial charge in [0.2, 0.25) is 0 Å². The molecular formula is C13H14BrN3. The number of hydrogen-bond acceptors (Lipinski definition) is 3. The van der Waals surface area contributed by atoms with Gasteiger partial charge in [-0.2, -0.15) is 0 Å². The van der Waals surface area contributed by atoms with Gasteiger partial charge in [-0.1, -0.05) is 18.2 Å². The summed E-state index contributed by atoms with van der Waals surface area (Å²) < 4.78 is 0.966. The lowest BCUT2D eigenvalue weighted by atomic mass is 10.2. The highest BCUT2D eigenvalue weighted by atomic mass is 79.9. The second-order valence-corrected chi connectivity index (χ2v) is 4.68. The molecule has 4 heteroatoms. The standard InChI is InChI=1S/C13H14BrN3/c1-8-11(14)9(2)16-13(12(8)15)17-10-6-4-3-5-7-10/h3-7H,15H2,1-2H3,(H,16,17). The zero-order valence-electron chi connectivity index (χ0n) is 9.79. The van der Waals surface area contributed by atoms with Gasteiger partial charge in [-0.05, 0) is 47.5 Å². The Morgan fingerprint density at radius 2 is 1.82 bits per heavy atom. The summed E-state index contributed by atoms with van der Waals surface area (Å²) in [4.78, 5) is 4.45. The molecule has 0 unspecified atom stereocenters. The molecule has 88 valence electrons. The van der Waals surface area contributed by atoms with Crippen molar-refractivity contribution in [2.45, 2.75) is 13.8 Å². The second kappa shape index (κ2) is 4.75. The van der Waals surface area contributed by atoms with Crippen LogP contribution in [0.1, 0.15) is 11.3 Å². The lowest BCUT2D eigenvalue weighted by Crippen LogP contribution is -2.03. The molecule has 1 aromatic heterocycles. The van der Waals surface area contributed by atoms with E-state index in [1.165, 1.54) is 0 Å². The van der Waals surface area contributed by atoms with Gasteiger partial charge in [0.15, 0.2) is 5.82 Å². The Kier molecular flexibility index (Phi) is 3.33. The second-order valence-electron chi connectivity index (χ2n) is 3.89. The van der Waals surface area contributed by atoms with Crippen LogP contribution in [0.15, 0.2) is 34.8 Å². The first kappa shape index (κ1) is 11.9. The quantitative estimate of drug-likeness (QED) is 0.885. The van der Waals surface area contributed by atoms with Crippen LogP contribution in [0.3, 0.4) is 0 Å². The Labute approximate surface area is 109 Å². The average molecular weight is 292 g/mol. The number of anilines is 3. The molecule has 1 aromatic carbocycles. The summed E-state index contributed by atoms with van der Waals surface area (Å²) in [5.74, 6) is 0.703. The predicted molar refractivity (Wildman–Crippen MR) is 75.5 cm³/mol. The Bertz CT molecular complexity index is 538. The SMILES string of the molecule is Cc1nc(Nc2ccccc2)c(N)c(C)c1Br. The van der Waals surface area contributed by atoms with E-state index < -0.39 is 0 Å². The monoisotopic (exact) mass is 291 g/mol. The fourth-order valence-corrected chi connectivity index (χ4v) is 1.90. The smallest absolute Gasteiger partial charge is 0.154 e. The van der Waals surface area contributed by atoms with Crippen molar-refractivity contribution in [1.82, 2.24) is 4.98 Å². The maximum Gasteiger partial charge on any atom is 0.154 e. The van der Waals surface area contributed by atoms with E-state index in [0.717, 1.165) is 21.4 Å². The number of pyridine rings is 1. The summed E-state index contributed by atoms with van der Waals surface area (Å²) >= 11 is 3.48. The molecule has 0 saturated heterocycles. The normalized spacial score (nSPS) is 10.3. The Morgan fingerprint density at radius 1 is 1.18 bits per heavy atom. The zero-order chi connectivity index (χ0) is 12.4. The Balaban J connectivity index is 2.41. The van der Waals surface area contributed by atoms with E-state index in [1.54, 1.807) is 0 Å². The molecule has 0 radical (unpaired) electrons. The van der Waals surface area contributed by atoms with Crippen molar-refractivity contribution in [2.24, 2.45) is 0 Å². The first-order chi connectivity index (χ1) is 8.09. The van der Waals surface area contributed by atoms with Crippen LogP contribution in [0.2, 0.25) is 0 Å². The van der Waals surface area contributed by atoms with Crippen LogP contribution in [0, 0.1) is 13.8 Å². The summed E-state index contributed by atoms with van der Waals surface area (Å²) in [6.45, 7) is 3.93. The minimum atomic E-state index is 0.673. The van der Waals surface area contributed by atoms with Gasteiger partial charge in [0, 0.05) is 10.2 Å². The maximum atomic E-state index is 6.05. The van der Waals surface area contributed by atoms with E-state index in [4.69, 9.17) is 5.73 Å². The molecule has 0 aliphatic carbocycles. The minimum absolute atomic E-state index is 0.673. The van der Waals surface area contributed by atoms with Gasteiger partial charge in [0.25, 0.3) is 0 Å². The minimum Gasteiger partial charge on any atom is -0.395 e.